The number of aromatic nitrogens is 2. The van der Waals surface area contributed by atoms with E-state index in [2.05, 4.69) is 9.97 Å². The molecule has 5 rings (SSSR count). The molecule has 0 N–H and O–H groups in total. The van der Waals surface area contributed by atoms with Crippen molar-refractivity contribution in [2.45, 2.75) is 13.8 Å². The monoisotopic (exact) mass is 500 g/mol. The number of hydrogen-bond acceptors (Lipinski definition) is 5. The fourth-order valence-electron chi connectivity index (χ4n) is 3.98. The normalized spacial score (nSPS) is 10.6. The van der Waals surface area contributed by atoms with Gasteiger partial charge in [-0.2, -0.15) is 0 Å². The fraction of sp³-hybridized carbons (Fsp3) is 0.103. The van der Waals surface area contributed by atoms with E-state index in [4.69, 9.17) is 16.3 Å². The van der Waals surface area contributed by atoms with Crippen molar-refractivity contribution in [3.05, 3.63) is 100.0 Å². The summed E-state index contributed by atoms with van der Waals surface area (Å²) >= 11 is 5.83. The van der Waals surface area contributed by atoms with Crippen molar-refractivity contribution in [3.8, 4) is 17.0 Å². The second-order valence-electron chi connectivity index (χ2n) is 8.14. The average molecular weight is 501 g/mol. The van der Waals surface area contributed by atoms with Crippen LogP contribution in [0, 0.1) is 19.7 Å². The highest BCUT2D eigenvalue weighted by Crippen LogP contribution is 2.34. The second-order valence-corrected chi connectivity index (χ2v) is 8.50. The van der Waals surface area contributed by atoms with Gasteiger partial charge in [-0.3, -0.25) is 9.59 Å². The van der Waals surface area contributed by atoms with Crippen LogP contribution in [0.15, 0.2) is 66.7 Å². The molecule has 36 heavy (non-hydrogen) atoms. The van der Waals surface area contributed by atoms with Gasteiger partial charge in [-0.15, -0.1) is 0 Å². The molecule has 5 aromatic rings. The zero-order valence-corrected chi connectivity index (χ0v) is 20.6. The maximum Gasteiger partial charge on any atom is 0.153 e. The van der Waals surface area contributed by atoms with Crippen LogP contribution in [0.1, 0.15) is 31.8 Å². The summed E-state index contributed by atoms with van der Waals surface area (Å²) in [6.07, 6.45) is 1.41. The van der Waals surface area contributed by atoms with E-state index >= 15 is 0 Å². The van der Waals surface area contributed by atoms with Crippen LogP contribution in [0.5, 0.6) is 5.75 Å². The number of carbonyl (C=O) groups is 2. The third kappa shape index (κ3) is 4.81. The lowest BCUT2D eigenvalue weighted by atomic mass is 10.0. The summed E-state index contributed by atoms with van der Waals surface area (Å²) in [5.41, 5.74) is 4.89. The average Bonchev–Trinajstić information content (AvgIpc) is 2.88. The minimum Gasteiger partial charge on any atom is -0.496 e. The van der Waals surface area contributed by atoms with Gasteiger partial charge < -0.3 is 4.74 Å². The van der Waals surface area contributed by atoms with E-state index in [-0.39, 0.29) is 10.7 Å². The van der Waals surface area contributed by atoms with Crippen molar-refractivity contribution < 1.29 is 18.7 Å². The molecule has 0 fully saturated rings. The predicted molar refractivity (Wildman–Crippen MR) is 141 cm³/mol. The van der Waals surface area contributed by atoms with Crippen LogP contribution in [0.2, 0.25) is 5.15 Å². The molecule has 7 heteroatoms. The molecule has 0 saturated carbocycles. The Hall–Kier alpha value is -4.16. The molecular weight excluding hydrogens is 479 g/mol. The standard InChI is InChI=1S/C18H14FNO2.C11H8ClNO/c1-11-5-3-6-12-9-13(10-21)18(20-17(11)12)16-14(19)7-4-8-15(16)22-2;1-7-3-2-4-8-5-9(6-14)11(12)13-10(7)8/h3-10H,1-2H3;2-6H,1H3. The van der Waals surface area contributed by atoms with Crippen LogP contribution >= 0.6 is 11.6 Å². The Morgan fingerprint density at radius 3 is 1.94 bits per heavy atom. The van der Waals surface area contributed by atoms with Crippen molar-refractivity contribution in [1.82, 2.24) is 9.97 Å². The number of aryl methyl sites for hydroxylation is 2. The second kappa shape index (κ2) is 10.6. The van der Waals surface area contributed by atoms with Crippen LogP contribution in [0.3, 0.4) is 0 Å². The molecular formula is C29H22ClFN2O3. The molecule has 2 heterocycles. The Kier molecular flexibility index (Phi) is 7.36. The number of hydrogen-bond donors (Lipinski definition) is 0. The highest BCUT2D eigenvalue weighted by molar-refractivity contribution is 6.32. The van der Waals surface area contributed by atoms with Crippen LogP contribution in [0.25, 0.3) is 33.1 Å². The zero-order valence-electron chi connectivity index (χ0n) is 19.9. The first-order chi connectivity index (χ1) is 17.4. The fourth-order valence-corrected chi connectivity index (χ4v) is 4.16. The number of nitrogens with zero attached hydrogens (tertiary/aromatic N) is 2. The van der Waals surface area contributed by atoms with Crippen LogP contribution < -0.4 is 4.74 Å². The Bertz CT molecular complexity index is 1620. The van der Waals surface area contributed by atoms with Gasteiger partial charge in [0.1, 0.15) is 16.7 Å². The lowest BCUT2D eigenvalue weighted by molar-refractivity contribution is 0.111. The Labute approximate surface area is 212 Å². The largest absolute Gasteiger partial charge is 0.496 e. The molecule has 0 saturated heterocycles. The summed E-state index contributed by atoms with van der Waals surface area (Å²) in [4.78, 5) is 30.8. The summed E-state index contributed by atoms with van der Waals surface area (Å²) in [5.74, 6) is -0.119. The molecule has 180 valence electrons. The van der Waals surface area contributed by atoms with Gasteiger partial charge in [-0.25, -0.2) is 14.4 Å². The molecule has 0 spiro atoms. The SMILES string of the molecule is COc1cccc(F)c1-c1nc2c(C)cccc2cc1C=O.Cc1cccc2cc(C=O)c(Cl)nc12. The minimum atomic E-state index is -0.470. The van der Waals surface area contributed by atoms with Gasteiger partial charge in [-0.1, -0.05) is 54.1 Å². The van der Waals surface area contributed by atoms with Crippen LogP contribution in [-0.4, -0.2) is 29.7 Å². The number of rotatable bonds is 4. The molecule has 2 aromatic heterocycles. The van der Waals surface area contributed by atoms with Crippen LogP contribution in [0.4, 0.5) is 4.39 Å². The Morgan fingerprint density at radius 2 is 1.36 bits per heavy atom. The molecule has 0 aliphatic carbocycles. The number of para-hydroxylation sites is 2. The number of benzene rings is 3. The van der Waals surface area contributed by atoms with E-state index in [1.807, 2.05) is 50.2 Å². The maximum absolute atomic E-state index is 14.3. The summed E-state index contributed by atoms with van der Waals surface area (Å²) in [7, 11) is 1.46. The molecule has 0 aliphatic heterocycles. The molecule has 5 nitrogen and oxygen atoms in total. The molecule has 0 atom stereocenters. The summed E-state index contributed by atoms with van der Waals surface area (Å²) in [5, 5.41) is 2.06. The number of halogens is 2. The zero-order chi connectivity index (χ0) is 25.8. The number of fused-ring (bicyclic) bond motifs is 2. The highest BCUT2D eigenvalue weighted by Gasteiger charge is 2.18. The van der Waals surface area contributed by atoms with Gasteiger partial charge in [0, 0.05) is 16.3 Å². The summed E-state index contributed by atoms with van der Waals surface area (Å²) in [6.45, 7) is 3.89. The summed E-state index contributed by atoms with van der Waals surface area (Å²) < 4.78 is 19.5. The van der Waals surface area contributed by atoms with Crippen LogP contribution in [-0.2, 0) is 0 Å². The van der Waals surface area contributed by atoms with E-state index in [9.17, 15) is 14.0 Å². The van der Waals surface area contributed by atoms with E-state index < -0.39 is 5.82 Å². The van der Waals surface area contributed by atoms with E-state index in [1.54, 1.807) is 24.3 Å². The molecule has 0 amide bonds. The van der Waals surface area contributed by atoms with Gasteiger partial charge in [0.05, 0.1) is 35.0 Å². The molecule has 0 unspecified atom stereocenters. The third-order valence-electron chi connectivity index (χ3n) is 5.79. The lowest BCUT2D eigenvalue weighted by Crippen LogP contribution is -1.99. The number of methoxy groups -OCH3 is 1. The summed E-state index contributed by atoms with van der Waals surface area (Å²) in [6, 6.07) is 19.5. The molecule has 3 aromatic carbocycles. The topological polar surface area (TPSA) is 69.2 Å². The predicted octanol–water partition coefficient (Wildman–Crippen LogP) is 7.18. The van der Waals surface area contributed by atoms with E-state index in [1.165, 1.54) is 13.2 Å². The Morgan fingerprint density at radius 1 is 0.806 bits per heavy atom. The minimum absolute atomic E-state index is 0.206. The van der Waals surface area contributed by atoms with Gasteiger partial charge in [0.2, 0.25) is 0 Å². The smallest absolute Gasteiger partial charge is 0.153 e. The van der Waals surface area contributed by atoms with Gasteiger partial charge in [0.25, 0.3) is 0 Å². The molecule has 0 radical (unpaired) electrons. The quantitative estimate of drug-likeness (QED) is 0.193. The number of aldehydes is 2. The van der Waals surface area contributed by atoms with Gasteiger partial charge in [-0.05, 0) is 49.2 Å². The van der Waals surface area contributed by atoms with Crippen molar-refractivity contribution in [1.29, 1.82) is 0 Å². The first-order valence-corrected chi connectivity index (χ1v) is 11.4. The van der Waals surface area contributed by atoms with Crippen molar-refractivity contribution in [3.63, 3.8) is 0 Å². The molecule has 0 aliphatic rings. The van der Waals surface area contributed by atoms with Crippen molar-refractivity contribution in [2.75, 3.05) is 7.11 Å². The van der Waals surface area contributed by atoms with E-state index in [0.717, 1.165) is 39.2 Å². The Balaban J connectivity index is 0.000000187. The van der Waals surface area contributed by atoms with Crippen molar-refractivity contribution >= 4 is 46.0 Å². The van der Waals surface area contributed by atoms with Gasteiger partial charge >= 0.3 is 0 Å². The number of ether oxygens (including phenoxy) is 1. The van der Waals surface area contributed by atoms with Gasteiger partial charge in [0.15, 0.2) is 12.6 Å². The van der Waals surface area contributed by atoms with E-state index in [0.29, 0.717) is 28.9 Å². The molecule has 0 bridgehead atoms. The number of carbonyl (C=O) groups excluding carboxylic acids is 2. The van der Waals surface area contributed by atoms with Crippen molar-refractivity contribution in [2.24, 2.45) is 0 Å². The first-order valence-electron chi connectivity index (χ1n) is 11.1. The third-order valence-corrected chi connectivity index (χ3v) is 6.09. The number of pyridine rings is 2. The first kappa shape index (κ1) is 24.9. The lowest BCUT2D eigenvalue weighted by Gasteiger charge is -2.12. The highest BCUT2D eigenvalue weighted by atomic mass is 35.5. The maximum atomic E-state index is 14.3.